The molecular weight excluding hydrogens is 180 g/mol. The number of hydrogen-bond acceptors (Lipinski definition) is 4. The number of benzene rings is 1. The average molecular weight is 190 g/mol. The third kappa shape index (κ3) is 1.28. The highest BCUT2D eigenvalue weighted by Crippen LogP contribution is 2.22. The second kappa shape index (κ2) is 3.37. The maximum Gasteiger partial charge on any atom is 0.226 e. The smallest absolute Gasteiger partial charge is 0.226 e. The van der Waals surface area contributed by atoms with Gasteiger partial charge in [0.2, 0.25) is 5.95 Å². The van der Waals surface area contributed by atoms with Crippen LogP contribution < -0.4 is 10.5 Å². The van der Waals surface area contributed by atoms with Gasteiger partial charge in [-0.05, 0) is 12.1 Å². The van der Waals surface area contributed by atoms with Gasteiger partial charge in [0, 0.05) is 0 Å². The summed E-state index contributed by atoms with van der Waals surface area (Å²) in [5.41, 5.74) is 6.46. The first-order valence-electron chi connectivity index (χ1n) is 4.12. The van der Waals surface area contributed by atoms with Crippen molar-refractivity contribution < 1.29 is 4.74 Å². The maximum atomic E-state index is 5.63. The predicted octanol–water partition coefficient (Wildman–Crippen LogP) is 0.858. The van der Waals surface area contributed by atoms with Crippen LogP contribution >= 0.6 is 0 Å². The molecule has 2 N–H and O–H groups in total. The number of methoxy groups -OCH3 is 1. The van der Waals surface area contributed by atoms with Crippen molar-refractivity contribution >= 4 is 5.95 Å². The second-order valence-corrected chi connectivity index (χ2v) is 2.73. The van der Waals surface area contributed by atoms with E-state index in [9.17, 15) is 0 Å². The number of rotatable bonds is 2. The van der Waals surface area contributed by atoms with Crippen LogP contribution in [0.5, 0.6) is 5.75 Å². The Morgan fingerprint density at radius 3 is 2.79 bits per heavy atom. The van der Waals surface area contributed by atoms with E-state index in [4.69, 9.17) is 10.5 Å². The van der Waals surface area contributed by atoms with Gasteiger partial charge in [0.15, 0.2) is 0 Å². The molecule has 1 aromatic carbocycles. The highest BCUT2D eigenvalue weighted by atomic mass is 16.5. The molecule has 5 nitrogen and oxygen atoms in total. The summed E-state index contributed by atoms with van der Waals surface area (Å²) in [6.07, 6.45) is 1.55. The Balaban J connectivity index is 2.56. The van der Waals surface area contributed by atoms with Crippen molar-refractivity contribution in [1.82, 2.24) is 14.8 Å². The SMILES string of the molecule is COc1ccccc1-n1cnnc1N. The fourth-order valence-corrected chi connectivity index (χ4v) is 1.26. The van der Waals surface area contributed by atoms with E-state index in [1.54, 1.807) is 18.0 Å². The lowest BCUT2D eigenvalue weighted by Crippen LogP contribution is -2.01. The predicted molar refractivity (Wildman–Crippen MR) is 52.3 cm³/mol. The Morgan fingerprint density at radius 2 is 2.14 bits per heavy atom. The number of para-hydroxylation sites is 2. The molecule has 1 heterocycles. The van der Waals surface area contributed by atoms with Gasteiger partial charge in [0.05, 0.1) is 12.8 Å². The van der Waals surface area contributed by atoms with Crippen molar-refractivity contribution in [2.24, 2.45) is 0 Å². The molecular formula is C9H10N4O. The summed E-state index contributed by atoms with van der Waals surface area (Å²) in [6.45, 7) is 0. The number of ether oxygens (including phenoxy) is 1. The Morgan fingerprint density at radius 1 is 1.36 bits per heavy atom. The number of aromatic nitrogens is 3. The van der Waals surface area contributed by atoms with Crippen LogP contribution in [0.1, 0.15) is 0 Å². The molecule has 0 amide bonds. The zero-order valence-electron chi connectivity index (χ0n) is 7.71. The summed E-state index contributed by atoms with van der Waals surface area (Å²) < 4.78 is 6.86. The molecule has 2 rings (SSSR count). The van der Waals surface area contributed by atoms with Gasteiger partial charge < -0.3 is 10.5 Å². The Bertz CT molecular complexity index is 438. The molecule has 1 aromatic heterocycles. The van der Waals surface area contributed by atoms with Gasteiger partial charge in [-0.3, -0.25) is 4.57 Å². The number of nitrogens with two attached hydrogens (primary N) is 1. The molecule has 14 heavy (non-hydrogen) atoms. The highest BCUT2D eigenvalue weighted by molar-refractivity contribution is 5.49. The topological polar surface area (TPSA) is 66.0 Å². The summed E-state index contributed by atoms with van der Waals surface area (Å²) in [5, 5.41) is 7.41. The Labute approximate surface area is 81.1 Å². The van der Waals surface area contributed by atoms with Gasteiger partial charge >= 0.3 is 0 Å². The average Bonchev–Trinajstić information content (AvgIpc) is 2.64. The first-order chi connectivity index (χ1) is 6.83. The van der Waals surface area contributed by atoms with Gasteiger partial charge in [-0.15, -0.1) is 10.2 Å². The fourth-order valence-electron chi connectivity index (χ4n) is 1.26. The molecule has 0 bridgehead atoms. The molecule has 5 heteroatoms. The normalized spacial score (nSPS) is 10.1. The molecule has 0 atom stereocenters. The van der Waals surface area contributed by atoms with Crippen molar-refractivity contribution in [3.05, 3.63) is 30.6 Å². The number of hydrogen-bond donors (Lipinski definition) is 1. The third-order valence-electron chi connectivity index (χ3n) is 1.92. The lowest BCUT2D eigenvalue weighted by atomic mass is 10.3. The standard InChI is InChI=1S/C9H10N4O/c1-14-8-5-3-2-4-7(8)13-6-11-12-9(13)10/h2-6H,1H3,(H2,10,12). The van der Waals surface area contributed by atoms with E-state index in [1.165, 1.54) is 0 Å². The summed E-state index contributed by atoms with van der Waals surface area (Å²) in [6, 6.07) is 7.54. The summed E-state index contributed by atoms with van der Waals surface area (Å²) in [4.78, 5) is 0. The van der Waals surface area contributed by atoms with Gasteiger partial charge in [0.25, 0.3) is 0 Å². The molecule has 0 saturated heterocycles. The van der Waals surface area contributed by atoms with Crippen LogP contribution in [0.15, 0.2) is 30.6 Å². The van der Waals surface area contributed by atoms with Gasteiger partial charge in [-0.2, -0.15) is 0 Å². The van der Waals surface area contributed by atoms with Gasteiger partial charge in [-0.25, -0.2) is 0 Å². The van der Waals surface area contributed by atoms with Crippen molar-refractivity contribution in [1.29, 1.82) is 0 Å². The minimum absolute atomic E-state index is 0.342. The summed E-state index contributed by atoms with van der Waals surface area (Å²) in [7, 11) is 1.61. The van der Waals surface area contributed by atoms with Crippen LogP contribution in [0, 0.1) is 0 Å². The van der Waals surface area contributed by atoms with Crippen LogP contribution in [0.3, 0.4) is 0 Å². The summed E-state index contributed by atoms with van der Waals surface area (Å²) in [5.74, 6) is 1.08. The second-order valence-electron chi connectivity index (χ2n) is 2.73. The number of nitrogens with zero attached hydrogens (tertiary/aromatic N) is 3. The van der Waals surface area contributed by atoms with Crippen LogP contribution in [0.25, 0.3) is 5.69 Å². The van der Waals surface area contributed by atoms with Gasteiger partial charge in [-0.1, -0.05) is 12.1 Å². The molecule has 0 saturated carbocycles. The number of anilines is 1. The minimum Gasteiger partial charge on any atom is -0.495 e. The molecule has 0 aliphatic carbocycles. The largest absolute Gasteiger partial charge is 0.495 e. The quantitative estimate of drug-likeness (QED) is 0.762. The van der Waals surface area contributed by atoms with E-state index in [0.29, 0.717) is 5.95 Å². The highest BCUT2D eigenvalue weighted by Gasteiger charge is 2.06. The lowest BCUT2D eigenvalue weighted by Gasteiger charge is -2.08. The van der Waals surface area contributed by atoms with E-state index in [2.05, 4.69) is 10.2 Å². The first-order valence-corrected chi connectivity index (χ1v) is 4.12. The van der Waals surface area contributed by atoms with Crippen LogP contribution in [-0.4, -0.2) is 21.9 Å². The molecule has 72 valence electrons. The lowest BCUT2D eigenvalue weighted by molar-refractivity contribution is 0.413. The fraction of sp³-hybridized carbons (Fsp3) is 0.111. The van der Waals surface area contributed by atoms with Crippen molar-refractivity contribution in [2.75, 3.05) is 12.8 Å². The zero-order valence-corrected chi connectivity index (χ0v) is 7.71. The first kappa shape index (κ1) is 8.55. The molecule has 0 aliphatic rings. The third-order valence-corrected chi connectivity index (χ3v) is 1.92. The van der Waals surface area contributed by atoms with Crippen LogP contribution in [-0.2, 0) is 0 Å². The Hall–Kier alpha value is -2.04. The zero-order chi connectivity index (χ0) is 9.97. The molecule has 0 aliphatic heterocycles. The monoisotopic (exact) mass is 190 g/mol. The molecule has 0 radical (unpaired) electrons. The van der Waals surface area contributed by atoms with E-state index < -0.39 is 0 Å². The van der Waals surface area contributed by atoms with Crippen molar-refractivity contribution in [2.45, 2.75) is 0 Å². The van der Waals surface area contributed by atoms with E-state index in [-0.39, 0.29) is 0 Å². The molecule has 0 unspecified atom stereocenters. The van der Waals surface area contributed by atoms with Crippen molar-refractivity contribution in [3.8, 4) is 11.4 Å². The van der Waals surface area contributed by atoms with E-state index >= 15 is 0 Å². The van der Waals surface area contributed by atoms with Gasteiger partial charge in [0.1, 0.15) is 12.1 Å². The van der Waals surface area contributed by atoms with Crippen molar-refractivity contribution in [3.63, 3.8) is 0 Å². The summed E-state index contributed by atoms with van der Waals surface area (Å²) >= 11 is 0. The van der Waals surface area contributed by atoms with E-state index in [0.717, 1.165) is 11.4 Å². The Kier molecular flexibility index (Phi) is 2.06. The maximum absolute atomic E-state index is 5.63. The molecule has 2 aromatic rings. The van der Waals surface area contributed by atoms with Crippen LogP contribution in [0.2, 0.25) is 0 Å². The van der Waals surface area contributed by atoms with Crippen LogP contribution in [0.4, 0.5) is 5.95 Å². The number of nitrogen functional groups attached to an aromatic ring is 1. The minimum atomic E-state index is 0.342. The molecule has 0 spiro atoms. The van der Waals surface area contributed by atoms with E-state index in [1.807, 2.05) is 24.3 Å². The molecule has 0 fully saturated rings.